The number of rotatable bonds is 5. The van der Waals surface area contributed by atoms with E-state index in [2.05, 4.69) is 21.3 Å². The standard InChI is InChI=1S/C28H29F5N4O6/c1-10-24(39)15(9-14-17(29)19(31)21(33)20(32)18(14)30)35-27(42)22(36-26(41)13-5-3-4-6-16(13)38)11(2)34-28(43)23(12-7-8-12)37-25(10)40/h3-6,10-12,15,22-24,38-39H,7-9H2,1-2H3,(H,34,43)(H,35,42)(H,36,41)(H,37,40). The fraction of sp³-hybridized carbons (Fsp3) is 0.429. The largest absolute Gasteiger partial charge is 0.507 e. The van der Waals surface area contributed by atoms with Crippen molar-refractivity contribution in [3.8, 4) is 5.75 Å². The van der Waals surface area contributed by atoms with Gasteiger partial charge in [0.15, 0.2) is 23.3 Å². The number of phenols is 1. The van der Waals surface area contributed by atoms with Crippen molar-refractivity contribution in [2.45, 2.75) is 63.4 Å². The first kappa shape index (κ1) is 31.7. The van der Waals surface area contributed by atoms with Crippen LogP contribution in [-0.4, -0.2) is 64.1 Å². The van der Waals surface area contributed by atoms with Crippen LogP contribution < -0.4 is 21.3 Å². The topological polar surface area (TPSA) is 157 Å². The molecule has 2 aromatic carbocycles. The zero-order chi connectivity index (χ0) is 31.7. The number of para-hydroxylation sites is 1. The van der Waals surface area contributed by atoms with Crippen LogP contribution in [0.2, 0.25) is 0 Å². The summed E-state index contributed by atoms with van der Waals surface area (Å²) in [5.41, 5.74) is -1.60. The Labute approximate surface area is 242 Å². The molecule has 2 fully saturated rings. The highest BCUT2D eigenvalue weighted by Gasteiger charge is 2.43. The normalized spacial score (nSPS) is 26.8. The quantitative estimate of drug-likeness (QED) is 0.170. The molecular weight excluding hydrogens is 583 g/mol. The number of carbonyl (C=O) groups is 4. The summed E-state index contributed by atoms with van der Waals surface area (Å²) in [4.78, 5) is 52.7. The molecule has 4 rings (SSSR count). The summed E-state index contributed by atoms with van der Waals surface area (Å²) in [6.07, 6.45) is -1.95. The first-order chi connectivity index (χ1) is 20.2. The minimum Gasteiger partial charge on any atom is -0.507 e. The predicted molar refractivity (Wildman–Crippen MR) is 139 cm³/mol. The van der Waals surface area contributed by atoms with Crippen molar-refractivity contribution in [3.05, 3.63) is 64.5 Å². The number of aromatic hydroxyl groups is 1. The Kier molecular flexibility index (Phi) is 9.23. The van der Waals surface area contributed by atoms with Gasteiger partial charge in [0.05, 0.1) is 29.7 Å². The molecule has 6 unspecified atom stereocenters. The van der Waals surface area contributed by atoms with Crippen LogP contribution in [0.25, 0.3) is 0 Å². The second kappa shape index (κ2) is 12.5. The zero-order valence-electron chi connectivity index (χ0n) is 22.9. The second-order valence-corrected chi connectivity index (χ2v) is 10.7. The highest BCUT2D eigenvalue weighted by molar-refractivity contribution is 6.00. The van der Waals surface area contributed by atoms with Gasteiger partial charge in [-0.05, 0) is 37.8 Å². The molecule has 1 saturated carbocycles. The third kappa shape index (κ3) is 6.55. The van der Waals surface area contributed by atoms with Gasteiger partial charge in [-0.2, -0.15) is 0 Å². The van der Waals surface area contributed by atoms with Crippen LogP contribution in [0.1, 0.15) is 42.6 Å². The Bertz CT molecular complexity index is 1430. The molecule has 4 amide bonds. The molecular formula is C28H29F5N4O6. The van der Waals surface area contributed by atoms with Gasteiger partial charge in [0.2, 0.25) is 23.5 Å². The van der Waals surface area contributed by atoms with Crippen LogP contribution in [0, 0.1) is 40.9 Å². The van der Waals surface area contributed by atoms with E-state index >= 15 is 0 Å². The van der Waals surface area contributed by atoms with E-state index in [9.17, 15) is 51.3 Å². The van der Waals surface area contributed by atoms with Crippen molar-refractivity contribution < 1.29 is 51.3 Å². The van der Waals surface area contributed by atoms with Gasteiger partial charge in [-0.25, -0.2) is 22.0 Å². The lowest BCUT2D eigenvalue weighted by atomic mass is 9.90. The number of hydrogen-bond donors (Lipinski definition) is 6. The number of aliphatic hydroxyl groups excluding tert-OH is 1. The lowest BCUT2D eigenvalue weighted by molar-refractivity contribution is -0.136. The fourth-order valence-corrected chi connectivity index (χ4v) is 4.89. The zero-order valence-corrected chi connectivity index (χ0v) is 22.9. The molecule has 1 aliphatic heterocycles. The Balaban J connectivity index is 1.75. The predicted octanol–water partition coefficient (Wildman–Crippen LogP) is 1.32. The number of carbonyl (C=O) groups excluding carboxylic acids is 4. The summed E-state index contributed by atoms with van der Waals surface area (Å²) in [7, 11) is 0. The van der Waals surface area contributed by atoms with E-state index in [0.717, 1.165) is 0 Å². The Hall–Kier alpha value is -4.27. The summed E-state index contributed by atoms with van der Waals surface area (Å²) >= 11 is 0. The SMILES string of the molecule is CC1NC(=O)C(C2CC2)NC(=O)C(C)C(O)C(Cc2c(F)c(F)c(F)c(F)c2F)NC(=O)C1NC(=O)c1ccccc1O. The van der Waals surface area contributed by atoms with E-state index in [1.165, 1.54) is 38.1 Å². The van der Waals surface area contributed by atoms with Crippen molar-refractivity contribution in [1.29, 1.82) is 0 Å². The maximum atomic E-state index is 14.6. The number of hydrogen-bond acceptors (Lipinski definition) is 6. The Morgan fingerprint density at radius 3 is 2.02 bits per heavy atom. The number of phenolic OH excluding ortho intramolecular Hbond substituents is 1. The van der Waals surface area contributed by atoms with Gasteiger partial charge in [-0.15, -0.1) is 0 Å². The molecule has 1 heterocycles. The average Bonchev–Trinajstić information content (AvgIpc) is 3.82. The molecule has 15 heteroatoms. The van der Waals surface area contributed by atoms with E-state index in [4.69, 9.17) is 0 Å². The lowest BCUT2D eigenvalue weighted by Gasteiger charge is -2.34. The molecule has 0 spiro atoms. The molecule has 232 valence electrons. The number of benzene rings is 2. The maximum Gasteiger partial charge on any atom is 0.255 e. The van der Waals surface area contributed by atoms with Crippen LogP contribution in [0.15, 0.2) is 24.3 Å². The molecule has 1 saturated heterocycles. The monoisotopic (exact) mass is 612 g/mol. The molecule has 0 aromatic heterocycles. The Morgan fingerprint density at radius 2 is 1.44 bits per heavy atom. The first-order valence-electron chi connectivity index (χ1n) is 13.4. The molecule has 6 atom stereocenters. The molecule has 10 nitrogen and oxygen atoms in total. The molecule has 6 N–H and O–H groups in total. The van der Waals surface area contributed by atoms with Gasteiger partial charge in [0, 0.05) is 12.0 Å². The highest BCUT2D eigenvalue weighted by atomic mass is 19.2. The number of aliphatic hydroxyl groups is 1. The van der Waals surface area contributed by atoms with Crippen LogP contribution in [0.5, 0.6) is 5.75 Å². The second-order valence-electron chi connectivity index (χ2n) is 10.7. The van der Waals surface area contributed by atoms with Crippen LogP contribution in [0.3, 0.4) is 0 Å². The molecule has 0 bridgehead atoms. The van der Waals surface area contributed by atoms with E-state index in [1.54, 1.807) is 0 Å². The number of nitrogens with one attached hydrogen (secondary N) is 4. The fourth-order valence-electron chi connectivity index (χ4n) is 4.89. The van der Waals surface area contributed by atoms with Crippen molar-refractivity contribution in [2.24, 2.45) is 11.8 Å². The van der Waals surface area contributed by atoms with Crippen molar-refractivity contribution >= 4 is 23.6 Å². The van der Waals surface area contributed by atoms with Gasteiger partial charge in [-0.3, -0.25) is 19.2 Å². The summed E-state index contributed by atoms with van der Waals surface area (Å²) in [6, 6.07) is -0.433. The molecule has 0 radical (unpaired) electrons. The van der Waals surface area contributed by atoms with E-state index < -0.39 is 107 Å². The summed E-state index contributed by atoms with van der Waals surface area (Å²) in [5.74, 6) is -17.1. The summed E-state index contributed by atoms with van der Waals surface area (Å²) in [5, 5.41) is 30.9. The number of halogens is 5. The average molecular weight is 613 g/mol. The van der Waals surface area contributed by atoms with Gasteiger partial charge < -0.3 is 31.5 Å². The lowest BCUT2D eigenvalue weighted by Crippen LogP contribution is -2.64. The van der Waals surface area contributed by atoms with E-state index in [-0.39, 0.29) is 11.5 Å². The van der Waals surface area contributed by atoms with E-state index in [0.29, 0.717) is 12.8 Å². The number of amides is 4. The molecule has 1 aliphatic carbocycles. The minimum absolute atomic E-state index is 0.241. The first-order valence-corrected chi connectivity index (χ1v) is 13.4. The highest BCUT2D eigenvalue weighted by Crippen LogP contribution is 2.33. The third-order valence-electron chi connectivity index (χ3n) is 7.65. The van der Waals surface area contributed by atoms with Crippen molar-refractivity contribution in [3.63, 3.8) is 0 Å². The minimum atomic E-state index is -2.41. The molecule has 2 aromatic rings. The Morgan fingerprint density at radius 1 is 0.860 bits per heavy atom. The summed E-state index contributed by atoms with van der Waals surface area (Å²) in [6.45, 7) is 2.52. The van der Waals surface area contributed by atoms with Crippen LogP contribution >= 0.6 is 0 Å². The maximum absolute atomic E-state index is 14.6. The van der Waals surface area contributed by atoms with E-state index in [1.807, 2.05) is 0 Å². The van der Waals surface area contributed by atoms with Crippen molar-refractivity contribution in [2.75, 3.05) is 0 Å². The smallest absolute Gasteiger partial charge is 0.255 e. The van der Waals surface area contributed by atoms with Gasteiger partial charge >= 0.3 is 0 Å². The van der Waals surface area contributed by atoms with Gasteiger partial charge in [-0.1, -0.05) is 19.1 Å². The van der Waals surface area contributed by atoms with Crippen molar-refractivity contribution in [1.82, 2.24) is 21.3 Å². The molecule has 43 heavy (non-hydrogen) atoms. The van der Waals surface area contributed by atoms with Crippen LogP contribution in [0.4, 0.5) is 22.0 Å². The third-order valence-corrected chi connectivity index (χ3v) is 7.65. The molecule has 2 aliphatic rings. The van der Waals surface area contributed by atoms with Crippen LogP contribution in [-0.2, 0) is 20.8 Å². The summed E-state index contributed by atoms with van der Waals surface area (Å²) < 4.78 is 70.8. The van der Waals surface area contributed by atoms with Gasteiger partial charge in [0.25, 0.3) is 5.91 Å². The van der Waals surface area contributed by atoms with Gasteiger partial charge in [0.1, 0.15) is 17.8 Å².